The van der Waals surface area contributed by atoms with Crippen LogP contribution in [-0.4, -0.2) is 19.1 Å². The lowest BCUT2D eigenvalue weighted by molar-refractivity contribution is -0.118. The number of methoxy groups -OCH3 is 1. The largest absolute Gasteiger partial charge is 0.494 e. The monoisotopic (exact) mass is 227 g/mol. The zero-order chi connectivity index (χ0) is 12.3. The smallest absolute Gasteiger partial charge is 0.239 e. The summed E-state index contributed by atoms with van der Waals surface area (Å²) in [5.74, 6) is -1.03. The second kappa shape index (κ2) is 4.69. The van der Waals surface area contributed by atoms with Gasteiger partial charge in [-0.2, -0.15) is 0 Å². The van der Waals surface area contributed by atoms with E-state index in [9.17, 15) is 9.18 Å². The van der Waals surface area contributed by atoms with Crippen molar-refractivity contribution in [3.63, 3.8) is 0 Å². The standard InChI is InChI=1S/C10H14FN3O2/c1-5(10(13)15)14-8-4-9(16-2)6(11)3-7(8)12/h3-5,14H,12H2,1-2H3,(H2,13,15). The molecule has 88 valence electrons. The number of anilines is 2. The molecule has 16 heavy (non-hydrogen) atoms. The Bertz CT molecular complexity index is 409. The van der Waals surface area contributed by atoms with Crippen molar-refractivity contribution in [3.05, 3.63) is 17.9 Å². The SMILES string of the molecule is COc1cc(NC(C)C(N)=O)c(N)cc1F. The summed E-state index contributed by atoms with van der Waals surface area (Å²) in [6.45, 7) is 1.58. The van der Waals surface area contributed by atoms with E-state index in [-0.39, 0.29) is 11.4 Å². The van der Waals surface area contributed by atoms with Crippen LogP contribution < -0.4 is 21.5 Å². The molecule has 0 aliphatic carbocycles. The maximum absolute atomic E-state index is 13.2. The van der Waals surface area contributed by atoms with E-state index in [1.165, 1.54) is 13.2 Å². The highest BCUT2D eigenvalue weighted by atomic mass is 19.1. The number of halogens is 1. The Morgan fingerprint density at radius 2 is 2.19 bits per heavy atom. The van der Waals surface area contributed by atoms with Crippen LogP contribution in [0.25, 0.3) is 0 Å². The molecule has 0 aliphatic heterocycles. The molecule has 0 saturated heterocycles. The molecule has 0 spiro atoms. The summed E-state index contributed by atoms with van der Waals surface area (Å²) in [7, 11) is 1.34. The van der Waals surface area contributed by atoms with E-state index in [0.717, 1.165) is 6.07 Å². The van der Waals surface area contributed by atoms with E-state index in [1.54, 1.807) is 6.92 Å². The lowest BCUT2D eigenvalue weighted by Crippen LogP contribution is -2.32. The van der Waals surface area contributed by atoms with Crippen LogP contribution in [0.3, 0.4) is 0 Å². The first-order valence-corrected chi connectivity index (χ1v) is 4.64. The number of hydrogen-bond donors (Lipinski definition) is 3. The van der Waals surface area contributed by atoms with Gasteiger partial charge in [-0.15, -0.1) is 0 Å². The normalized spacial score (nSPS) is 11.9. The quantitative estimate of drug-likeness (QED) is 0.660. The molecule has 1 rings (SSSR count). The van der Waals surface area contributed by atoms with Gasteiger partial charge in [0.25, 0.3) is 0 Å². The molecule has 1 unspecified atom stereocenters. The molecule has 0 aliphatic rings. The minimum Gasteiger partial charge on any atom is -0.494 e. The third kappa shape index (κ3) is 2.53. The van der Waals surface area contributed by atoms with Crippen molar-refractivity contribution in [3.8, 4) is 5.75 Å². The van der Waals surface area contributed by atoms with Crippen molar-refractivity contribution in [1.29, 1.82) is 0 Å². The van der Waals surface area contributed by atoms with Crippen LogP contribution in [0, 0.1) is 5.82 Å². The minimum absolute atomic E-state index is 0.0494. The predicted octanol–water partition coefficient (Wildman–Crippen LogP) is 0.702. The van der Waals surface area contributed by atoms with Gasteiger partial charge in [0.1, 0.15) is 6.04 Å². The van der Waals surface area contributed by atoms with Crippen molar-refractivity contribution in [1.82, 2.24) is 0 Å². The van der Waals surface area contributed by atoms with Crippen molar-refractivity contribution in [2.24, 2.45) is 5.73 Å². The fourth-order valence-corrected chi connectivity index (χ4v) is 1.15. The van der Waals surface area contributed by atoms with Gasteiger partial charge in [0.05, 0.1) is 18.5 Å². The molecular weight excluding hydrogens is 213 g/mol. The van der Waals surface area contributed by atoms with Gasteiger partial charge in [-0.05, 0) is 6.92 Å². The van der Waals surface area contributed by atoms with Gasteiger partial charge >= 0.3 is 0 Å². The topological polar surface area (TPSA) is 90.4 Å². The summed E-state index contributed by atoms with van der Waals surface area (Å²) in [6, 6.07) is 1.90. The Morgan fingerprint density at radius 1 is 1.56 bits per heavy atom. The zero-order valence-electron chi connectivity index (χ0n) is 9.08. The molecule has 5 N–H and O–H groups in total. The Kier molecular flexibility index (Phi) is 3.55. The van der Waals surface area contributed by atoms with Crippen molar-refractivity contribution < 1.29 is 13.9 Å². The van der Waals surface area contributed by atoms with E-state index in [1.807, 2.05) is 0 Å². The van der Waals surface area contributed by atoms with Crippen molar-refractivity contribution >= 4 is 17.3 Å². The molecule has 0 heterocycles. The van der Waals surface area contributed by atoms with Crippen LogP contribution >= 0.6 is 0 Å². The number of hydrogen-bond acceptors (Lipinski definition) is 4. The molecule has 1 aromatic carbocycles. The summed E-state index contributed by atoms with van der Waals surface area (Å²) in [5, 5.41) is 2.77. The van der Waals surface area contributed by atoms with Gasteiger partial charge in [0.15, 0.2) is 11.6 Å². The highest BCUT2D eigenvalue weighted by Crippen LogP contribution is 2.28. The van der Waals surface area contributed by atoms with Crippen LogP contribution in [0.5, 0.6) is 5.75 Å². The first kappa shape index (κ1) is 12.1. The van der Waals surface area contributed by atoms with Crippen LogP contribution in [0.1, 0.15) is 6.92 Å². The first-order valence-electron chi connectivity index (χ1n) is 4.64. The van der Waals surface area contributed by atoms with Gasteiger partial charge in [-0.25, -0.2) is 4.39 Å². The highest BCUT2D eigenvalue weighted by Gasteiger charge is 2.13. The fourth-order valence-electron chi connectivity index (χ4n) is 1.15. The number of primary amides is 1. The summed E-state index contributed by atoms with van der Waals surface area (Å²) in [5.41, 5.74) is 11.3. The minimum atomic E-state index is -0.600. The summed E-state index contributed by atoms with van der Waals surface area (Å²) in [4.78, 5) is 10.8. The molecule has 0 aromatic heterocycles. The van der Waals surface area contributed by atoms with Gasteiger partial charge in [0, 0.05) is 12.1 Å². The number of carbonyl (C=O) groups is 1. The Labute approximate surface area is 92.6 Å². The Hall–Kier alpha value is -1.98. The average Bonchev–Trinajstić information content (AvgIpc) is 2.21. The highest BCUT2D eigenvalue weighted by molar-refractivity contribution is 5.84. The molecule has 6 heteroatoms. The third-order valence-electron chi connectivity index (χ3n) is 2.12. The number of nitrogens with one attached hydrogen (secondary N) is 1. The van der Waals surface area contributed by atoms with E-state index in [2.05, 4.69) is 5.32 Å². The molecule has 0 saturated carbocycles. The summed E-state index contributed by atoms with van der Waals surface area (Å²) in [6.07, 6.45) is 0. The summed E-state index contributed by atoms with van der Waals surface area (Å²) < 4.78 is 18.0. The van der Waals surface area contributed by atoms with Crippen molar-refractivity contribution in [2.45, 2.75) is 13.0 Å². The van der Waals surface area contributed by atoms with Gasteiger partial charge in [-0.3, -0.25) is 4.79 Å². The molecule has 5 nitrogen and oxygen atoms in total. The third-order valence-corrected chi connectivity index (χ3v) is 2.12. The fraction of sp³-hybridized carbons (Fsp3) is 0.300. The molecule has 1 aromatic rings. The number of carbonyl (C=O) groups excluding carboxylic acids is 1. The molecular formula is C10H14FN3O2. The van der Waals surface area contributed by atoms with Crippen LogP contribution in [0.2, 0.25) is 0 Å². The molecule has 0 bridgehead atoms. The van der Waals surface area contributed by atoms with Gasteiger partial charge in [-0.1, -0.05) is 0 Å². The average molecular weight is 227 g/mol. The maximum atomic E-state index is 13.2. The van der Waals surface area contributed by atoms with Crippen LogP contribution in [0.15, 0.2) is 12.1 Å². The predicted molar refractivity (Wildman–Crippen MR) is 59.6 cm³/mol. The van der Waals surface area contributed by atoms with Crippen LogP contribution in [-0.2, 0) is 4.79 Å². The number of nitrogens with two attached hydrogens (primary N) is 2. The lowest BCUT2D eigenvalue weighted by atomic mass is 10.2. The second-order valence-electron chi connectivity index (χ2n) is 3.34. The van der Waals surface area contributed by atoms with Gasteiger partial charge < -0.3 is 21.5 Å². The first-order chi connectivity index (χ1) is 7.45. The zero-order valence-corrected chi connectivity index (χ0v) is 9.08. The van der Waals surface area contributed by atoms with E-state index in [0.29, 0.717) is 5.69 Å². The van der Waals surface area contributed by atoms with Crippen LogP contribution in [0.4, 0.5) is 15.8 Å². The number of ether oxygens (including phenoxy) is 1. The molecule has 0 radical (unpaired) electrons. The second-order valence-corrected chi connectivity index (χ2v) is 3.34. The molecule has 0 fully saturated rings. The molecule has 1 atom stereocenters. The number of rotatable bonds is 4. The van der Waals surface area contributed by atoms with E-state index >= 15 is 0 Å². The maximum Gasteiger partial charge on any atom is 0.239 e. The number of amides is 1. The number of nitrogen functional groups attached to an aromatic ring is 1. The van der Waals surface area contributed by atoms with E-state index < -0.39 is 17.8 Å². The Balaban J connectivity index is 3.00. The van der Waals surface area contributed by atoms with Gasteiger partial charge in [0.2, 0.25) is 5.91 Å². The number of benzene rings is 1. The lowest BCUT2D eigenvalue weighted by Gasteiger charge is -2.15. The Morgan fingerprint density at radius 3 is 2.69 bits per heavy atom. The van der Waals surface area contributed by atoms with Crippen molar-refractivity contribution in [2.75, 3.05) is 18.2 Å². The molecule has 1 amide bonds. The van der Waals surface area contributed by atoms with E-state index in [4.69, 9.17) is 16.2 Å². The summed E-state index contributed by atoms with van der Waals surface area (Å²) >= 11 is 0.